The van der Waals surface area contributed by atoms with E-state index in [9.17, 15) is 14.0 Å². The van der Waals surface area contributed by atoms with Crippen molar-refractivity contribution < 1.29 is 14.0 Å². The average Bonchev–Trinajstić information content (AvgIpc) is 2.54. The quantitative estimate of drug-likeness (QED) is 0.651. The summed E-state index contributed by atoms with van der Waals surface area (Å²) in [5.41, 5.74) is 3.18. The number of hydrogen-bond donors (Lipinski definition) is 2. The van der Waals surface area contributed by atoms with E-state index < -0.39 is 17.6 Å². The molecule has 0 heterocycles. The highest BCUT2D eigenvalue weighted by Gasteiger charge is 2.08. The van der Waals surface area contributed by atoms with Crippen LogP contribution in [0.1, 0.15) is 15.9 Å². The Kier molecular flexibility index (Phi) is 5.82. The highest BCUT2D eigenvalue weighted by molar-refractivity contribution is 6.30. The standard InChI is InChI=1S/C16H13ClFN3O2/c17-13-6-4-11(5-7-13)9-20-21-15(22)10-19-16(23)12-2-1-3-14(18)8-12/h1-9H,10H2,(H,19,23)(H,21,22)/b20-9+. The molecule has 0 aliphatic heterocycles. The maximum Gasteiger partial charge on any atom is 0.259 e. The topological polar surface area (TPSA) is 70.6 Å². The van der Waals surface area contributed by atoms with E-state index in [2.05, 4.69) is 15.8 Å². The van der Waals surface area contributed by atoms with Crippen molar-refractivity contribution in [2.24, 2.45) is 5.10 Å². The molecule has 0 saturated carbocycles. The third-order valence-corrected chi connectivity index (χ3v) is 3.02. The van der Waals surface area contributed by atoms with Gasteiger partial charge in [0, 0.05) is 10.6 Å². The van der Waals surface area contributed by atoms with Gasteiger partial charge in [-0.15, -0.1) is 0 Å². The normalized spacial score (nSPS) is 10.5. The molecule has 2 N–H and O–H groups in total. The summed E-state index contributed by atoms with van der Waals surface area (Å²) in [6.45, 7) is -0.271. The lowest BCUT2D eigenvalue weighted by Gasteiger charge is -2.04. The third kappa shape index (κ3) is 5.52. The van der Waals surface area contributed by atoms with Crippen molar-refractivity contribution >= 4 is 29.6 Å². The molecule has 0 bridgehead atoms. The molecule has 2 amide bonds. The molecule has 0 aromatic heterocycles. The predicted octanol–water partition coefficient (Wildman–Crippen LogP) is 2.36. The molecule has 0 unspecified atom stereocenters. The van der Waals surface area contributed by atoms with Crippen molar-refractivity contribution in [1.82, 2.24) is 10.7 Å². The van der Waals surface area contributed by atoms with Crippen LogP contribution in [0, 0.1) is 5.82 Å². The molecular weight excluding hydrogens is 321 g/mol. The van der Waals surface area contributed by atoms with E-state index in [0.717, 1.165) is 11.6 Å². The Bertz CT molecular complexity index is 732. The summed E-state index contributed by atoms with van der Waals surface area (Å²) in [6, 6.07) is 12.1. The van der Waals surface area contributed by atoms with Gasteiger partial charge in [-0.25, -0.2) is 9.82 Å². The van der Waals surface area contributed by atoms with E-state index in [4.69, 9.17) is 11.6 Å². The summed E-state index contributed by atoms with van der Waals surface area (Å²) < 4.78 is 13.0. The average molecular weight is 334 g/mol. The molecule has 0 aliphatic rings. The van der Waals surface area contributed by atoms with Gasteiger partial charge in [-0.2, -0.15) is 5.10 Å². The summed E-state index contributed by atoms with van der Waals surface area (Å²) in [5.74, 6) is -1.56. The van der Waals surface area contributed by atoms with Crippen molar-refractivity contribution in [2.75, 3.05) is 6.54 Å². The highest BCUT2D eigenvalue weighted by atomic mass is 35.5. The van der Waals surface area contributed by atoms with E-state index in [1.54, 1.807) is 24.3 Å². The van der Waals surface area contributed by atoms with Crippen molar-refractivity contribution in [3.63, 3.8) is 0 Å². The zero-order chi connectivity index (χ0) is 16.7. The number of hydrazone groups is 1. The molecule has 2 rings (SSSR count). The molecule has 0 atom stereocenters. The van der Waals surface area contributed by atoms with Crippen molar-refractivity contribution in [3.05, 3.63) is 70.5 Å². The fourth-order valence-electron chi connectivity index (χ4n) is 1.66. The molecule has 0 spiro atoms. The maximum absolute atomic E-state index is 13.0. The first-order chi connectivity index (χ1) is 11.0. The lowest BCUT2D eigenvalue weighted by Crippen LogP contribution is -2.34. The van der Waals surface area contributed by atoms with Crippen LogP contribution in [-0.2, 0) is 4.79 Å². The number of nitrogens with one attached hydrogen (secondary N) is 2. The zero-order valence-electron chi connectivity index (χ0n) is 11.9. The van der Waals surface area contributed by atoms with Crippen LogP contribution >= 0.6 is 11.6 Å². The zero-order valence-corrected chi connectivity index (χ0v) is 12.7. The Labute approximate surface area is 137 Å². The first-order valence-electron chi connectivity index (χ1n) is 6.66. The summed E-state index contributed by atoms with van der Waals surface area (Å²) in [7, 11) is 0. The SMILES string of the molecule is O=C(CNC(=O)c1cccc(F)c1)N/N=C/c1ccc(Cl)cc1. The molecule has 0 fully saturated rings. The third-order valence-electron chi connectivity index (χ3n) is 2.77. The molecule has 5 nitrogen and oxygen atoms in total. The van der Waals surface area contributed by atoms with E-state index in [-0.39, 0.29) is 12.1 Å². The number of rotatable bonds is 5. The van der Waals surface area contributed by atoms with Crippen LogP contribution in [0.25, 0.3) is 0 Å². The maximum atomic E-state index is 13.0. The van der Waals surface area contributed by atoms with Gasteiger partial charge in [-0.3, -0.25) is 9.59 Å². The minimum absolute atomic E-state index is 0.141. The van der Waals surface area contributed by atoms with Crippen LogP contribution in [0.3, 0.4) is 0 Å². The molecule has 2 aromatic carbocycles. The Balaban J connectivity index is 1.78. The van der Waals surface area contributed by atoms with Crippen LogP contribution in [0.15, 0.2) is 53.6 Å². The minimum Gasteiger partial charge on any atom is -0.343 e. The number of carbonyl (C=O) groups excluding carboxylic acids is 2. The monoisotopic (exact) mass is 333 g/mol. The molecule has 7 heteroatoms. The summed E-state index contributed by atoms with van der Waals surface area (Å²) in [4.78, 5) is 23.3. The number of hydrogen-bond acceptors (Lipinski definition) is 3. The first kappa shape index (κ1) is 16.6. The van der Waals surface area contributed by atoms with Gasteiger partial charge >= 0.3 is 0 Å². The number of benzene rings is 2. The second-order valence-electron chi connectivity index (χ2n) is 4.54. The first-order valence-corrected chi connectivity index (χ1v) is 7.03. The van der Waals surface area contributed by atoms with E-state index in [0.29, 0.717) is 5.02 Å². The molecule has 23 heavy (non-hydrogen) atoms. The fourth-order valence-corrected chi connectivity index (χ4v) is 1.79. The van der Waals surface area contributed by atoms with Crippen LogP contribution < -0.4 is 10.7 Å². The van der Waals surface area contributed by atoms with Gasteiger partial charge in [-0.1, -0.05) is 29.8 Å². The van der Waals surface area contributed by atoms with Crippen molar-refractivity contribution in [3.8, 4) is 0 Å². The number of nitrogens with zero attached hydrogens (tertiary/aromatic N) is 1. The molecule has 118 valence electrons. The lowest BCUT2D eigenvalue weighted by molar-refractivity contribution is -0.120. The summed E-state index contributed by atoms with van der Waals surface area (Å²) in [6.07, 6.45) is 1.45. The predicted molar refractivity (Wildman–Crippen MR) is 85.9 cm³/mol. The van der Waals surface area contributed by atoms with Gasteiger partial charge in [0.2, 0.25) is 0 Å². The Morgan fingerprint density at radius 2 is 1.91 bits per heavy atom. The number of amides is 2. The van der Waals surface area contributed by atoms with Crippen LogP contribution in [0.2, 0.25) is 5.02 Å². The second kappa shape index (κ2) is 8.05. The fraction of sp³-hybridized carbons (Fsp3) is 0.0625. The van der Waals surface area contributed by atoms with Crippen LogP contribution in [0.5, 0.6) is 0 Å². The van der Waals surface area contributed by atoms with Crippen LogP contribution in [0.4, 0.5) is 4.39 Å². The van der Waals surface area contributed by atoms with Gasteiger partial charge in [0.25, 0.3) is 11.8 Å². The van der Waals surface area contributed by atoms with E-state index >= 15 is 0 Å². The Morgan fingerprint density at radius 1 is 1.17 bits per heavy atom. The van der Waals surface area contributed by atoms with Crippen molar-refractivity contribution in [2.45, 2.75) is 0 Å². The van der Waals surface area contributed by atoms with Crippen LogP contribution in [-0.4, -0.2) is 24.6 Å². The van der Waals surface area contributed by atoms with Gasteiger partial charge in [0.05, 0.1) is 12.8 Å². The van der Waals surface area contributed by atoms with Crippen molar-refractivity contribution in [1.29, 1.82) is 0 Å². The van der Waals surface area contributed by atoms with Gasteiger partial charge < -0.3 is 5.32 Å². The Hall–Kier alpha value is -2.73. The largest absolute Gasteiger partial charge is 0.343 e. The number of carbonyl (C=O) groups is 2. The minimum atomic E-state index is -0.540. The summed E-state index contributed by atoms with van der Waals surface area (Å²) in [5, 5.41) is 6.73. The highest BCUT2D eigenvalue weighted by Crippen LogP contribution is 2.07. The lowest BCUT2D eigenvalue weighted by atomic mass is 10.2. The summed E-state index contributed by atoms with van der Waals surface area (Å²) >= 11 is 5.75. The number of halogens is 2. The van der Waals surface area contributed by atoms with Gasteiger partial charge in [0.15, 0.2) is 0 Å². The Morgan fingerprint density at radius 3 is 2.61 bits per heavy atom. The van der Waals surface area contributed by atoms with E-state index in [1.165, 1.54) is 24.4 Å². The molecular formula is C16H13ClFN3O2. The molecule has 2 aromatic rings. The smallest absolute Gasteiger partial charge is 0.259 e. The molecule has 0 saturated heterocycles. The molecule has 0 aliphatic carbocycles. The molecule has 0 radical (unpaired) electrons. The van der Waals surface area contributed by atoms with Gasteiger partial charge in [-0.05, 0) is 35.9 Å². The second-order valence-corrected chi connectivity index (χ2v) is 4.97. The van der Waals surface area contributed by atoms with E-state index in [1.807, 2.05) is 0 Å². The van der Waals surface area contributed by atoms with Gasteiger partial charge in [0.1, 0.15) is 5.82 Å².